The Labute approximate surface area is 115 Å². The second-order valence-corrected chi connectivity index (χ2v) is 4.70. The van der Waals surface area contributed by atoms with Crippen LogP contribution in [0.15, 0.2) is 36.7 Å². The van der Waals surface area contributed by atoms with Crippen molar-refractivity contribution in [3.8, 4) is 0 Å². The first-order valence-corrected chi connectivity index (χ1v) is 6.24. The predicted octanol–water partition coefficient (Wildman–Crippen LogP) is 3.29. The van der Waals surface area contributed by atoms with Crippen molar-refractivity contribution in [3.63, 3.8) is 0 Å². The molecule has 1 heterocycles. The van der Waals surface area contributed by atoms with E-state index in [1.54, 1.807) is 12.3 Å². The molecule has 0 aliphatic carbocycles. The highest BCUT2D eigenvalue weighted by Crippen LogP contribution is 2.29. The van der Waals surface area contributed by atoms with Crippen molar-refractivity contribution in [2.24, 2.45) is 7.05 Å². The summed E-state index contributed by atoms with van der Waals surface area (Å²) < 4.78 is 39.7. The van der Waals surface area contributed by atoms with E-state index < -0.39 is 11.7 Å². The molecule has 0 aliphatic heterocycles. The van der Waals surface area contributed by atoms with Crippen molar-refractivity contribution in [2.75, 3.05) is 0 Å². The maximum Gasteiger partial charge on any atom is 0.416 e. The van der Waals surface area contributed by atoms with Gasteiger partial charge in [-0.15, -0.1) is 0 Å². The molecule has 1 atom stereocenters. The number of aryl methyl sites for hydroxylation is 1. The van der Waals surface area contributed by atoms with Gasteiger partial charge >= 0.3 is 6.18 Å². The second kappa shape index (κ2) is 5.66. The second-order valence-electron chi connectivity index (χ2n) is 4.70. The van der Waals surface area contributed by atoms with Crippen molar-refractivity contribution in [1.82, 2.24) is 14.9 Å². The van der Waals surface area contributed by atoms with Crippen molar-refractivity contribution in [3.05, 3.63) is 53.6 Å². The molecule has 1 N–H and O–H groups in total. The summed E-state index contributed by atoms with van der Waals surface area (Å²) in [6.07, 6.45) is -0.781. The van der Waals surface area contributed by atoms with Crippen molar-refractivity contribution in [2.45, 2.75) is 25.7 Å². The normalized spacial score (nSPS) is 13.4. The zero-order chi connectivity index (χ0) is 14.8. The van der Waals surface area contributed by atoms with E-state index in [9.17, 15) is 13.2 Å². The Morgan fingerprint density at radius 3 is 2.70 bits per heavy atom. The number of nitrogens with zero attached hydrogens (tertiary/aromatic N) is 2. The lowest BCUT2D eigenvalue weighted by atomic mass is 10.1. The van der Waals surface area contributed by atoms with Gasteiger partial charge in [-0.1, -0.05) is 18.2 Å². The van der Waals surface area contributed by atoms with Crippen molar-refractivity contribution >= 4 is 0 Å². The van der Waals surface area contributed by atoms with Crippen LogP contribution in [0, 0.1) is 0 Å². The van der Waals surface area contributed by atoms with Gasteiger partial charge in [-0.25, -0.2) is 4.98 Å². The van der Waals surface area contributed by atoms with Crippen molar-refractivity contribution in [1.29, 1.82) is 0 Å². The summed E-state index contributed by atoms with van der Waals surface area (Å²) in [5, 5.41) is 3.17. The molecule has 0 spiro atoms. The van der Waals surface area contributed by atoms with Gasteiger partial charge in [0, 0.05) is 26.0 Å². The Kier molecular flexibility index (Phi) is 4.13. The molecular weight excluding hydrogens is 267 g/mol. The molecule has 1 aromatic heterocycles. The number of alkyl halides is 3. The highest BCUT2D eigenvalue weighted by molar-refractivity contribution is 5.25. The largest absolute Gasteiger partial charge is 0.416 e. The van der Waals surface area contributed by atoms with Gasteiger partial charge in [-0.2, -0.15) is 13.2 Å². The summed E-state index contributed by atoms with van der Waals surface area (Å²) in [6, 6.07) is 5.30. The van der Waals surface area contributed by atoms with E-state index in [2.05, 4.69) is 10.3 Å². The number of aromatic nitrogens is 2. The summed E-state index contributed by atoms with van der Waals surface area (Å²) in [7, 11) is 1.88. The topological polar surface area (TPSA) is 29.9 Å². The fraction of sp³-hybridized carbons (Fsp3) is 0.357. The van der Waals surface area contributed by atoms with Crippen LogP contribution >= 0.6 is 0 Å². The predicted molar refractivity (Wildman–Crippen MR) is 69.9 cm³/mol. The molecule has 0 saturated carbocycles. The molecule has 0 amide bonds. The van der Waals surface area contributed by atoms with Crippen molar-refractivity contribution < 1.29 is 13.2 Å². The standard InChI is InChI=1S/C14H16F3N3/c1-10(13-18-6-7-20(13)2)19-9-11-4-3-5-12(8-11)14(15,16)17/h3-8,10,19H,9H2,1-2H3. The van der Waals surface area contributed by atoms with Gasteiger partial charge in [0.15, 0.2) is 0 Å². The lowest BCUT2D eigenvalue weighted by Gasteiger charge is -2.14. The molecule has 0 radical (unpaired) electrons. The van der Waals surface area contributed by atoms with Crippen LogP contribution in [0.5, 0.6) is 0 Å². The van der Waals surface area contributed by atoms with Gasteiger partial charge in [0.25, 0.3) is 0 Å². The fourth-order valence-electron chi connectivity index (χ4n) is 2.01. The van der Waals surface area contributed by atoms with Crippen LogP contribution < -0.4 is 5.32 Å². The van der Waals surface area contributed by atoms with Crippen LogP contribution in [-0.2, 0) is 19.8 Å². The number of nitrogens with one attached hydrogen (secondary N) is 1. The molecule has 0 saturated heterocycles. The maximum absolute atomic E-state index is 12.6. The van der Waals surface area contributed by atoms with Crippen LogP contribution in [0.1, 0.15) is 29.9 Å². The average molecular weight is 283 g/mol. The SMILES string of the molecule is CC(NCc1cccc(C(F)(F)F)c1)c1nccn1C. The van der Waals surface area contributed by atoms with E-state index in [4.69, 9.17) is 0 Å². The summed E-state index contributed by atoms with van der Waals surface area (Å²) in [6.45, 7) is 2.29. The van der Waals surface area contributed by atoms with Gasteiger partial charge in [-0.05, 0) is 18.6 Å². The third kappa shape index (κ3) is 3.39. The molecule has 3 nitrogen and oxygen atoms in total. The van der Waals surface area contributed by atoms with Crippen LogP contribution in [-0.4, -0.2) is 9.55 Å². The lowest BCUT2D eigenvalue weighted by Crippen LogP contribution is -2.21. The van der Waals surface area contributed by atoms with Crippen LogP contribution in [0.3, 0.4) is 0 Å². The molecule has 0 bridgehead atoms. The number of benzene rings is 1. The minimum Gasteiger partial charge on any atom is -0.337 e. The quantitative estimate of drug-likeness (QED) is 0.933. The highest BCUT2D eigenvalue weighted by atomic mass is 19.4. The minimum atomic E-state index is -4.30. The van der Waals surface area contributed by atoms with E-state index in [0.29, 0.717) is 12.1 Å². The van der Waals surface area contributed by atoms with Gasteiger partial charge in [0.05, 0.1) is 11.6 Å². The third-order valence-electron chi connectivity index (χ3n) is 3.11. The number of halogens is 3. The average Bonchev–Trinajstić information content (AvgIpc) is 2.82. The Morgan fingerprint density at radius 1 is 1.35 bits per heavy atom. The molecule has 0 fully saturated rings. The van der Waals surface area contributed by atoms with E-state index in [1.807, 2.05) is 24.7 Å². The molecule has 2 aromatic rings. The Balaban J connectivity index is 2.03. The molecule has 20 heavy (non-hydrogen) atoms. The molecule has 2 rings (SSSR count). The van der Waals surface area contributed by atoms with Gasteiger partial charge in [0.2, 0.25) is 0 Å². The summed E-state index contributed by atoms with van der Waals surface area (Å²) in [5.74, 6) is 0.844. The molecule has 1 aromatic carbocycles. The van der Waals surface area contributed by atoms with E-state index in [0.717, 1.165) is 18.0 Å². The third-order valence-corrected chi connectivity index (χ3v) is 3.11. The molecular formula is C14H16F3N3. The maximum atomic E-state index is 12.6. The van der Waals surface area contributed by atoms with Crippen LogP contribution in [0.25, 0.3) is 0 Å². The Hall–Kier alpha value is -1.82. The molecule has 6 heteroatoms. The van der Waals surface area contributed by atoms with Gasteiger partial charge < -0.3 is 9.88 Å². The Bertz CT molecular complexity index is 575. The molecule has 0 aliphatic rings. The minimum absolute atomic E-state index is 0.0375. The van der Waals surface area contributed by atoms with Gasteiger partial charge in [0.1, 0.15) is 5.82 Å². The van der Waals surface area contributed by atoms with Gasteiger partial charge in [-0.3, -0.25) is 0 Å². The summed E-state index contributed by atoms with van der Waals surface area (Å²) in [5.41, 5.74) is -0.0256. The first-order valence-electron chi connectivity index (χ1n) is 6.24. The lowest BCUT2D eigenvalue weighted by molar-refractivity contribution is -0.137. The number of rotatable bonds is 4. The highest BCUT2D eigenvalue weighted by Gasteiger charge is 2.30. The zero-order valence-electron chi connectivity index (χ0n) is 11.3. The van der Waals surface area contributed by atoms with E-state index in [-0.39, 0.29) is 6.04 Å². The van der Waals surface area contributed by atoms with Crippen LogP contribution in [0.2, 0.25) is 0 Å². The summed E-state index contributed by atoms with van der Waals surface area (Å²) in [4.78, 5) is 4.21. The fourth-order valence-corrected chi connectivity index (χ4v) is 2.01. The monoisotopic (exact) mass is 283 g/mol. The zero-order valence-corrected chi connectivity index (χ0v) is 11.3. The summed E-state index contributed by atoms with van der Waals surface area (Å²) >= 11 is 0. The first kappa shape index (κ1) is 14.6. The number of hydrogen-bond acceptors (Lipinski definition) is 2. The molecule has 108 valence electrons. The Morgan fingerprint density at radius 2 is 2.10 bits per heavy atom. The number of hydrogen-bond donors (Lipinski definition) is 1. The molecule has 1 unspecified atom stereocenters. The first-order chi connectivity index (χ1) is 9.38. The van der Waals surface area contributed by atoms with Crippen LogP contribution in [0.4, 0.5) is 13.2 Å². The number of imidazole rings is 1. The smallest absolute Gasteiger partial charge is 0.337 e. The van der Waals surface area contributed by atoms with E-state index >= 15 is 0 Å². The van der Waals surface area contributed by atoms with E-state index in [1.165, 1.54) is 6.07 Å².